The number of fused-ring (bicyclic) bond motifs is 1. The summed E-state index contributed by atoms with van der Waals surface area (Å²) < 4.78 is 37.9. The van der Waals surface area contributed by atoms with Gasteiger partial charge in [0.05, 0.1) is 29.4 Å². The number of amides is 1. The van der Waals surface area contributed by atoms with Crippen LogP contribution < -0.4 is 0 Å². The molecule has 1 saturated heterocycles. The number of aryl methyl sites for hydroxylation is 2. The maximum Gasteiger partial charge on any atom is 0.510 e. The van der Waals surface area contributed by atoms with Crippen molar-refractivity contribution in [3.8, 4) is 17.3 Å². The molecule has 2 aromatic carbocycles. The Hall–Kier alpha value is -3.68. The van der Waals surface area contributed by atoms with Crippen LogP contribution >= 0.6 is 0 Å². The molecule has 1 saturated carbocycles. The SMILES string of the molecule is CC(C)[C@H]1COCCN1C(=O)C1CCC(C#[N+]S(=O)(=O)c2ccc3cc(-c4ccc(CCC(=O)O)cc4)n(C)c3c2)CC1. The molecule has 228 valence electrons. The quantitative estimate of drug-likeness (QED) is 0.376. The Bertz CT molecular complexity index is 1660. The van der Waals surface area contributed by atoms with E-state index in [9.17, 15) is 18.0 Å². The number of nitrogens with zero attached hydrogens (tertiary/aromatic N) is 3. The molecule has 1 aliphatic carbocycles. The lowest BCUT2D eigenvalue weighted by Crippen LogP contribution is -2.53. The number of carboxylic acids is 1. The largest absolute Gasteiger partial charge is 0.510 e. The molecule has 1 atom stereocenters. The van der Waals surface area contributed by atoms with Crippen molar-refractivity contribution in [3.05, 3.63) is 58.3 Å². The second-order valence-corrected chi connectivity index (χ2v) is 13.7. The van der Waals surface area contributed by atoms with Gasteiger partial charge in [-0.2, -0.15) is 0 Å². The van der Waals surface area contributed by atoms with E-state index in [0.717, 1.165) is 27.7 Å². The van der Waals surface area contributed by atoms with Crippen LogP contribution in [0.3, 0.4) is 0 Å². The minimum Gasteiger partial charge on any atom is -0.481 e. The Morgan fingerprint density at radius 3 is 2.47 bits per heavy atom. The van der Waals surface area contributed by atoms with Crippen molar-refractivity contribution in [1.29, 1.82) is 0 Å². The summed E-state index contributed by atoms with van der Waals surface area (Å²) in [5, 5.41) is 9.83. The number of carbonyl (C=O) groups excluding carboxylic acids is 1. The first-order valence-electron chi connectivity index (χ1n) is 15.0. The Morgan fingerprint density at radius 2 is 1.79 bits per heavy atom. The molecule has 3 aromatic rings. The molecule has 0 bridgehead atoms. The summed E-state index contributed by atoms with van der Waals surface area (Å²) in [6.45, 7) is 6.01. The lowest BCUT2D eigenvalue weighted by atomic mass is 9.81. The Balaban J connectivity index is 1.25. The molecule has 5 rings (SSSR count). The third kappa shape index (κ3) is 6.94. The number of aromatic nitrogens is 1. The van der Waals surface area contributed by atoms with Crippen LogP contribution in [0.1, 0.15) is 51.5 Å². The number of carboxylic acid groups (broad SMARTS) is 1. The van der Waals surface area contributed by atoms with Gasteiger partial charge in [-0.25, -0.2) is 0 Å². The smallest absolute Gasteiger partial charge is 0.481 e. The van der Waals surface area contributed by atoms with Gasteiger partial charge in [0, 0.05) is 42.5 Å². The number of rotatable bonds is 7. The molecule has 2 fully saturated rings. The minimum absolute atomic E-state index is 0.0519. The summed E-state index contributed by atoms with van der Waals surface area (Å²) in [5.41, 5.74) is 3.59. The van der Waals surface area contributed by atoms with E-state index in [4.69, 9.17) is 9.84 Å². The second kappa shape index (κ2) is 12.9. The molecule has 0 spiro atoms. The van der Waals surface area contributed by atoms with Gasteiger partial charge >= 0.3 is 22.1 Å². The molecule has 9 nitrogen and oxygen atoms in total. The van der Waals surface area contributed by atoms with Gasteiger partial charge in [-0.1, -0.05) is 44.2 Å². The lowest BCUT2D eigenvalue weighted by molar-refractivity contribution is -0.147. The number of carbonyl (C=O) groups is 2. The van der Waals surface area contributed by atoms with E-state index < -0.39 is 16.0 Å². The van der Waals surface area contributed by atoms with E-state index in [-0.39, 0.29) is 35.1 Å². The van der Waals surface area contributed by atoms with Crippen molar-refractivity contribution in [2.75, 3.05) is 19.8 Å². The Morgan fingerprint density at radius 1 is 1.07 bits per heavy atom. The first kappa shape index (κ1) is 30.8. The molecule has 1 aromatic heterocycles. The normalized spacial score (nSPS) is 21.0. The van der Waals surface area contributed by atoms with Gasteiger partial charge in [-0.15, -0.1) is 8.42 Å². The summed E-state index contributed by atoms with van der Waals surface area (Å²) >= 11 is 0. The van der Waals surface area contributed by atoms with Crippen molar-refractivity contribution in [2.24, 2.45) is 24.8 Å². The molecular weight excluding hydrogens is 566 g/mol. The predicted molar refractivity (Wildman–Crippen MR) is 165 cm³/mol. The highest BCUT2D eigenvalue weighted by atomic mass is 32.2. The van der Waals surface area contributed by atoms with Crippen molar-refractivity contribution in [2.45, 2.75) is 63.3 Å². The summed E-state index contributed by atoms with van der Waals surface area (Å²) in [6, 6.07) is 17.8. The van der Waals surface area contributed by atoms with Crippen LogP contribution in [0.2, 0.25) is 0 Å². The second-order valence-electron chi connectivity index (χ2n) is 12.1. The molecule has 2 aliphatic rings. The monoisotopic (exact) mass is 606 g/mol. The molecule has 0 unspecified atom stereocenters. The van der Waals surface area contributed by atoms with Crippen molar-refractivity contribution in [3.63, 3.8) is 0 Å². The lowest BCUT2D eigenvalue weighted by Gasteiger charge is -2.40. The minimum atomic E-state index is -3.94. The van der Waals surface area contributed by atoms with Crippen LogP contribution in [-0.2, 0) is 37.8 Å². The molecule has 10 heteroatoms. The molecular formula is C33H40N3O6S+. The van der Waals surface area contributed by atoms with Crippen LogP contribution in [-0.4, -0.2) is 60.7 Å². The molecule has 1 aliphatic heterocycles. The standard InChI is InChI=1S/C33H39N3O6S/c1-22(2)31-21-42-17-16-36(31)33(39)26-11-6-24(7-12-26)20-34-43(40,41)28-14-13-27-18-29(35(3)30(27)19-28)25-9-4-23(5-10-25)8-15-32(37)38/h4-5,9-10,13-14,18-19,22,24,26,31H,6-8,11-12,15-17,21H2,1-3H3/p+1/t24?,26?,31-/m1/s1. The molecule has 1 amide bonds. The number of sulfonamides is 1. The number of ether oxygens (including phenoxy) is 1. The number of hydrogen-bond acceptors (Lipinski definition) is 5. The fourth-order valence-corrected chi connectivity index (χ4v) is 7.08. The maximum absolute atomic E-state index is 13.3. The first-order valence-corrected chi connectivity index (χ1v) is 16.5. The zero-order valence-corrected chi connectivity index (χ0v) is 25.8. The van der Waals surface area contributed by atoms with E-state index in [1.165, 1.54) is 0 Å². The predicted octanol–water partition coefficient (Wildman–Crippen LogP) is 5.57. The molecule has 2 heterocycles. The van der Waals surface area contributed by atoms with Crippen molar-refractivity contribution < 1.29 is 27.9 Å². The summed E-state index contributed by atoms with van der Waals surface area (Å²) in [7, 11) is -2.05. The summed E-state index contributed by atoms with van der Waals surface area (Å²) in [4.78, 5) is 26.2. The van der Waals surface area contributed by atoms with E-state index in [0.29, 0.717) is 57.8 Å². The van der Waals surface area contributed by atoms with Gasteiger partial charge in [0.25, 0.3) is 0 Å². The molecule has 1 N–H and O–H groups in total. The fraction of sp³-hybridized carbons (Fsp3) is 0.485. The highest BCUT2D eigenvalue weighted by Crippen LogP contribution is 2.33. The van der Waals surface area contributed by atoms with E-state index in [1.807, 2.05) is 46.8 Å². The van der Waals surface area contributed by atoms with Gasteiger partial charge in [-0.05, 0) is 67.3 Å². The number of benzene rings is 2. The van der Waals surface area contributed by atoms with Gasteiger partial charge in [0.1, 0.15) is 0 Å². The van der Waals surface area contributed by atoms with Crippen molar-refractivity contribution in [1.82, 2.24) is 9.47 Å². The van der Waals surface area contributed by atoms with Gasteiger partial charge in [0.2, 0.25) is 5.91 Å². The zero-order chi connectivity index (χ0) is 30.7. The Kier molecular flexibility index (Phi) is 9.23. The van der Waals surface area contributed by atoms with Crippen LogP contribution in [0, 0.1) is 23.8 Å². The van der Waals surface area contributed by atoms with Crippen LogP contribution in [0.4, 0.5) is 0 Å². The first-order chi connectivity index (χ1) is 20.5. The van der Waals surface area contributed by atoms with Gasteiger partial charge in [0.15, 0.2) is 4.90 Å². The summed E-state index contributed by atoms with van der Waals surface area (Å²) in [5.74, 6) is -0.462. The topological polar surface area (TPSA) is 110 Å². The highest BCUT2D eigenvalue weighted by molar-refractivity contribution is 7.93. The molecule has 43 heavy (non-hydrogen) atoms. The number of aliphatic carboxylic acids is 1. The van der Waals surface area contributed by atoms with Crippen LogP contribution in [0.15, 0.2) is 53.4 Å². The van der Waals surface area contributed by atoms with Crippen LogP contribution in [0.5, 0.6) is 0 Å². The van der Waals surface area contributed by atoms with E-state index in [1.54, 1.807) is 18.2 Å². The van der Waals surface area contributed by atoms with Crippen LogP contribution in [0.25, 0.3) is 26.4 Å². The average Bonchev–Trinajstić information content (AvgIpc) is 3.34. The third-order valence-electron chi connectivity index (χ3n) is 8.84. The maximum atomic E-state index is 13.3. The zero-order valence-electron chi connectivity index (χ0n) is 25.0. The van der Waals surface area contributed by atoms with Crippen molar-refractivity contribution >= 4 is 32.8 Å². The number of hydrogen-bond donors (Lipinski definition) is 1. The average molecular weight is 607 g/mol. The Labute approximate surface area is 253 Å². The van der Waals surface area contributed by atoms with E-state index >= 15 is 0 Å². The number of morpholine rings is 1. The third-order valence-corrected chi connectivity index (χ3v) is 10.0. The van der Waals surface area contributed by atoms with E-state index in [2.05, 4.69) is 24.2 Å². The summed E-state index contributed by atoms with van der Waals surface area (Å²) in [6.07, 6.45) is 3.32. The van der Waals surface area contributed by atoms with Gasteiger partial charge < -0.3 is 19.3 Å². The highest BCUT2D eigenvalue weighted by Gasteiger charge is 2.36. The van der Waals surface area contributed by atoms with Gasteiger partial charge in [-0.3, -0.25) is 9.59 Å². The molecule has 0 radical (unpaired) electrons. The fourth-order valence-electron chi connectivity index (χ4n) is 6.19.